The molecule has 0 radical (unpaired) electrons. The van der Waals surface area contributed by atoms with Crippen LogP contribution in [0.1, 0.15) is 12.5 Å². The van der Waals surface area contributed by atoms with Crippen molar-refractivity contribution in [3.05, 3.63) is 30.0 Å². The molecule has 0 atom stereocenters. The molecular formula is C11H14N2O. The smallest absolute Gasteiger partial charge is 0.139 e. The molecule has 0 spiro atoms. The first-order valence-electron chi connectivity index (χ1n) is 4.81. The monoisotopic (exact) mass is 190 g/mol. The second kappa shape index (κ2) is 3.72. The van der Waals surface area contributed by atoms with Crippen molar-refractivity contribution in [1.82, 2.24) is 10.3 Å². The number of phenols is 1. The minimum atomic E-state index is 0.310. The summed E-state index contributed by atoms with van der Waals surface area (Å²) in [4.78, 5) is 3.08. The van der Waals surface area contributed by atoms with Crippen molar-refractivity contribution in [2.45, 2.75) is 13.5 Å². The van der Waals surface area contributed by atoms with Gasteiger partial charge in [0, 0.05) is 18.1 Å². The standard InChI is InChI=1S/C11H14N2O/c1-2-12-6-8-7-13-11-9(8)4-3-5-10(11)14/h3-5,7,12-14H,2,6H2,1H3. The number of aromatic amines is 1. The van der Waals surface area contributed by atoms with Gasteiger partial charge >= 0.3 is 0 Å². The highest BCUT2D eigenvalue weighted by Crippen LogP contribution is 2.25. The van der Waals surface area contributed by atoms with Crippen molar-refractivity contribution in [1.29, 1.82) is 0 Å². The van der Waals surface area contributed by atoms with Gasteiger partial charge in [0.05, 0.1) is 5.52 Å². The van der Waals surface area contributed by atoms with Crippen LogP contribution >= 0.6 is 0 Å². The zero-order chi connectivity index (χ0) is 9.97. The maximum atomic E-state index is 9.56. The van der Waals surface area contributed by atoms with E-state index in [2.05, 4.69) is 17.2 Å². The Morgan fingerprint density at radius 1 is 1.43 bits per heavy atom. The van der Waals surface area contributed by atoms with Crippen LogP contribution in [-0.2, 0) is 6.54 Å². The number of aromatic nitrogens is 1. The summed E-state index contributed by atoms with van der Waals surface area (Å²) < 4.78 is 0. The third-order valence-electron chi connectivity index (χ3n) is 2.34. The lowest BCUT2D eigenvalue weighted by atomic mass is 10.1. The van der Waals surface area contributed by atoms with E-state index in [1.54, 1.807) is 6.07 Å². The molecule has 3 heteroatoms. The number of fused-ring (bicyclic) bond motifs is 1. The molecule has 0 amide bonds. The number of hydrogen-bond donors (Lipinski definition) is 3. The van der Waals surface area contributed by atoms with Crippen molar-refractivity contribution < 1.29 is 5.11 Å². The van der Waals surface area contributed by atoms with Gasteiger partial charge in [-0.15, -0.1) is 0 Å². The van der Waals surface area contributed by atoms with Crippen molar-refractivity contribution in [2.24, 2.45) is 0 Å². The molecule has 74 valence electrons. The van der Waals surface area contributed by atoms with Gasteiger partial charge in [0.15, 0.2) is 0 Å². The van der Waals surface area contributed by atoms with Gasteiger partial charge in [0.2, 0.25) is 0 Å². The molecule has 1 heterocycles. The number of phenolic OH excluding ortho intramolecular Hbond substituents is 1. The van der Waals surface area contributed by atoms with Crippen LogP contribution in [0.3, 0.4) is 0 Å². The number of para-hydroxylation sites is 1. The third-order valence-corrected chi connectivity index (χ3v) is 2.34. The molecule has 0 aliphatic heterocycles. The van der Waals surface area contributed by atoms with Crippen molar-refractivity contribution in [2.75, 3.05) is 6.54 Å². The lowest BCUT2D eigenvalue weighted by Crippen LogP contribution is -2.11. The highest BCUT2D eigenvalue weighted by Gasteiger charge is 2.05. The molecule has 0 unspecified atom stereocenters. The topological polar surface area (TPSA) is 48.0 Å². The van der Waals surface area contributed by atoms with Crippen LogP contribution in [-0.4, -0.2) is 16.6 Å². The Balaban J connectivity index is 2.42. The van der Waals surface area contributed by atoms with E-state index in [1.807, 2.05) is 18.3 Å². The molecule has 1 aromatic carbocycles. The lowest BCUT2D eigenvalue weighted by Gasteiger charge is -1.99. The van der Waals surface area contributed by atoms with E-state index >= 15 is 0 Å². The number of aromatic hydroxyl groups is 1. The maximum Gasteiger partial charge on any atom is 0.139 e. The lowest BCUT2D eigenvalue weighted by molar-refractivity contribution is 0.480. The third kappa shape index (κ3) is 1.46. The predicted molar refractivity (Wildman–Crippen MR) is 57.3 cm³/mol. The summed E-state index contributed by atoms with van der Waals surface area (Å²) in [5.41, 5.74) is 2.01. The second-order valence-corrected chi connectivity index (χ2v) is 3.29. The molecule has 1 aromatic heterocycles. The molecule has 14 heavy (non-hydrogen) atoms. The molecule has 3 N–H and O–H groups in total. The fourth-order valence-electron chi connectivity index (χ4n) is 1.60. The van der Waals surface area contributed by atoms with Crippen LogP contribution in [0.5, 0.6) is 5.75 Å². The van der Waals surface area contributed by atoms with E-state index in [0.717, 1.165) is 24.0 Å². The van der Waals surface area contributed by atoms with Crippen LogP contribution in [0.25, 0.3) is 10.9 Å². The summed E-state index contributed by atoms with van der Waals surface area (Å²) in [6.07, 6.45) is 1.94. The average molecular weight is 190 g/mol. The fraction of sp³-hybridized carbons (Fsp3) is 0.273. The number of nitrogens with one attached hydrogen (secondary N) is 2. The quantitative estimate of drug-likeness (QED) is 0.693. The average Bonchev–Trinajstić information content (AvgIpc) is 2.60. The Kier molecular flexibility index (Phi) is 2.41. The summed E-state index contributed by atoms with van der Waals surface area (Å²) in [5, 5.41) is 13.9. The number of benzene rings is 1. The second-order valence-electron chi connectivity index (χ2n) is 3.29. The van der Waals surface area contributed by atoms with E-state index in [4.69, 9.17) is 0 Å². The fourth-order valence-corrected chi connectivity index (χ4v) is 1.60. The van der Waals surface area contributed by atoms with Crippen LogP contribution in [0, 0.1) is 0 Å². The number of H-pyrrole nitrogens is 1. The van der Waals surface area contributed by atoms with E-state index < -0.39 is 0 Å². The molecule has 0 saturated heterocycles. The van der Waals surface area contributed by atoms with Gasteiger partial charge in [-0.05, 0) is 18.2 Å². The Bertz CT molecular complexity index is 434. The van der Waals surface area contributed by atoms with Gasteiger partial charge in [-0.1, -0.05) is 19.1 Å². The minimum Gasteiger partial charge on any atom is -0.506 e. The number of rotatable bonds is 3. The van der Waals surface area contributed by atoms with E-state index in [9.17, 15) is 5.11 Å². The predicted octanol–water partition coefficient (Wildman–Crippen LogP) is 1.98. The van der Waals surface area contributed by atoms with Crippen molar-refractivity contribution in [3.63, 3.8) is 0 Å². The van der Waals surface area contributed by atoms with Gasteiger partial charge in [-0.2, -0.15) is 0 Å². The molecular weight excluding hydrogens is 176 g/mol. The molecule has 2 aromatic rings. The Morgan fingerprint density at radius 3 is 3.07 bits per heavy atom. The molecule has 0 fully saturated rings. The molecule has 0 bridgehead atoms. The summed E-state index contributed by atoms with van der Waals surface area (Å²) in [6.45, 7) is 3.86. The van der Waals surface area contributed by atoms with Gasteiger partial charge < -0.3 is 15.4 Å². The molecule has 3 nitrogen and oxygen atoms in total. The molecule has 0 aliphatic rings. The van der Waals surface area contributed by atoms with Crippen molar-refractivity contribution in [3.8, 4) is 5.75 Å². The van der Waals surface area contributed by atoms with Crippen molar-refractivity contribution >= 4 is 10.9 Å². The largest absolute Gasteiger partial charge is 0.506 e. The van der Waals surface area contributed by atoms with Crippen LogP contribution in [0.15, 0.2) is 24.4 Å². The highest BCUT2D eigenvalue weighted by atomic mass is 16.3. The zero-order valence-electron chi connectivity index (χ0n) is 8.17. The van der Waals surface area contributed by atoms with Gasteiger partial charge in [0.1, 0.15) is 5.75 Å². The van der Waals surface area contributed by atoms with Gasteiger partial charge in [-0.25, -0.2) is 0 Å². The first-order valence-corrected chi connectivity index (χ1v) is 4.81. The maximum absolute atomic E-state index is 9.56. The Morgan fingerprint density at radius 2 is 2.29 bits per heavy atom. The first kappa shape index (κ1) is 9.09. The summed E-state index contributed by atoms with van der Waals surface area (Å²) >= 11 is 0. The summed E-state index contributed by atoms with van der Waals surface area (Å²) in [7, 11) is 0. The van der Waals surface area contributed by atoms with E-state index in [1.165, 1.54) is 5.56 Å². The zero-order valence-corrected chi connectivity index (χ0v) is 8.17. The highest BCUT2D eigenvalue weighted by molar-refractivity contribution is 5.87. The van der Waals surface area contributed by atoms with Gasteiger partial charge in [0.25, 0.3) is 0 Å². The molecule has 0 aliphatic carbocycles. The summed E-state index contributed by atoms with van der Waals surface area (Å²) in [5.74, 6) is 0.310. The van der Waals surface area contributed by atoms with E-state index in [-0.39, 0.29) is 0 Å². The Labute approximate surface area is 82.8 Å². The molecule has 2 rings (SSSR count). The first-order chi connectivity index (χ1) is 6.83. The van der Waals surface area contributed by atoms with Crippen LogP contribution in [0.2, 0.25) is 0 Å². The van der Waals surface area contributed by atoms with Gasteiger partial charge in [-0.3, -0.25) is 0 Å². The number of hydrogen-bond acceptors (Lipinski definition) is 2. The normalized spacial score (nSPS) is 10.9. The SMILES string of the molecule is CCNCc1c[nH]c2c(O)cccc12. The summed E-state index contributed by atoms with van der Waals surface area (Å²) in [6, 6.07) is 5.56. The van der Waals surface area contributed by atoms with E-state index in [0.29, 0.717) is 5.75 Å². The Hall–Kier alpha value is -1.48. The minimum absolute atomic E-state index is 0.310. The van der Waals surface area contributed by atoms with Crippen LogP contribution in [0.4, 0.5) is 0 Å². The van der Waals surface area contributed by atoms with Crippen LogP contribution < -0.4 is 5.32 Å². The molecule has 0 saturated carbocycles.